The zero-order chi connectivity index (χ0) is 42.9. The second-order valence-electron chi connectivity index (χ2n) is 13.8. The van der Waals surface area contributed by atoms with Gasteiger partial charge >= 0.3 is 5.97 Å². The normalized spacial score (nSPS) is 27.1. The molecule has 2 heterocycles. The topological polar surface area (TPSA) is 325 Å². The molecule has 316 valence electrons. The number of nitro groups is 1. The molecule has 10 atom stereocenters. The molecule has 59 heavy (non-hydrogen) atoms. The Labute approximate surface area is 334 Å². The third-order valence-corrected chi connectivity index (χ3v) is 10.3. The number of ether oxygens (including phenoxy) is 4. The summed E-state index contributed by atoms with van der Waals surface area (Å²) in [5.74, 6) is -1.93. The first-order valence-corrected chi connectivity index (χ1v) is 19.6. The highest BCUT2D eigenvalue weighted by Gasteiger charge is 2.46. The first-order valence-electron chi connectivity index (χ1n) is 17.7. The molecule has 0 radical (unpaired) electrons. The minimum Gasteiger partial charge on any atom is -0.478 e. The summed E-state index contributed by atoms with van der Waals surface area (Å²) in [4.78, 5) is 24.9. The summed E-state index contributed by atoms with van der Waals surface area (Å²) in [6, 6.07) is 17.8. The Bertz CT molecular complexity index is 2270. The Hall–Kier alpha value is -5.30. The van der Waals surface area contributed by atoms with Crippen LogP contribution in [0.2, 0.25) is 0 Å². The molecule has 0 saturated carbocycles. The minimum atomic E-state index is -3.73. The molecule has 0 amide bonds. The third-order valence-electron chi connectivity index (χ3n) is 9.67. The first-order chi connectivity index (χ1) is 27.9. The van der Waals surface area contributed by atoms with Gasteiger partial charge in [0.25, 0.3) is 5.69 Å². The molecule has 6 rings (SSSR count). The number of benzene rings is 4. The van der Waals surface area contributed by atoms with Crippen molar-refractivity contribution in [3.05, 3.63) is 94.5 Å². The molecule has 0 spiro atoms. The molecule has 0 aliphatic carbocycles. The van der Waals surface area contributed by atoms with Gasteiger partial charge in [-0.1, -0.05) is 42.5 Å². The van der Waals surface area contributed by atoms with E-state index in [-0.39, 0.29) is 39.4 Å². The van der Waals surface area contributed by atoms with Gasteiger partial charge in [-0.2, -0.15) is 0 Å². The molecule has 2 saturated heterocycles. The van der Waals surface area contributed by atoms with E-state index in [1.54, 1.807) is 6.07 Å². The van der Waals surface area contributed by atoms with E-state index in [1.165, 1.54) is 60.7 Å². The zero-order valence-electron chi connectivity index (χ0n) is 30.7. The summed E-state index contributed by atoms with van der Waals surface area (Å²) in [6.45, 7) is -1.54. The van der Waals surface area contributed by atoms with Crippen LogP contribution in [0, 0.1) is 10.1 Å². The average Bonchev–Trinajstić information content (AvgIpc) is 3.20. The monoisotopic (exact) mass is 844 g/mol. The van der Waals surface area contributed by atoms with Crippen LogP contribution in [0.15, 0.2) is 78.9 Å². The number of nitro benzene ring substituents is 1. The van der Waals surface area contributed by atoms with Crippen molar-refractivity contribution >= 4 is 27.4 Å². The van der Waals surface area contributed by atoms with E-state index in [4.69, 9.17) is 18.9 Å². The largest absolute Gasteiger partial charge is 0.478 e. The Morgan fingerprint density at radius 3 is 1.85 bits per heavy atom. The van der Waals surface area contributed by atoms with Crippen LogP contribution >= 0.6 is 0 Å². The Morgan fingerprint density at radius 2 is 1.29 bits per heavy atom. The van der Waals surface area contributed by atoms with Crippen LogP contribution in [-0.4, -0.2) is 146 Å². The number of aliphatic hydroxyl groups excluding tert-OH is 8. The standard InChI is InChI=1S/C38H40N2O18S/c1-59(53,54)39-20-6-4-5-17(11-20)22-10-9-18(14-26(22)56-38-35(48)33(46)31(44)28(16-42)58-38)29-23(36(49)50)12-19(13-24(29)40(51)52)21-7-2-3-8-25(21)55-37-34(47)32(45)30(43)27(15-41)57-37/h2-14,27-28,30-35,37-39,41-48H,15-16H2,1H3,(H,49,50). The molecule has 0 aromatic heterocycles. The molecular weight excluding hydrogens is 804 g/mol. The summed E-state index contributed by atoms with van der Waals surface area (Å²) < 4.78 is 49.2. The van der Waals surface area contributed by atoms with E-state index in [0.717, 1.165) is 18.4 Å². The molecule has 2 fully saturated rings. The fourth-order valence-corrected chi connectivity index (χ4v) is 7.32. The number of nitrogens with one attached hydrogen (secondary N) is 1. The molecule has 21 heteroatoms. The summed E-state index contributed by atoms with van der Waals surface area (Å²) >= 11 is 0. The van der Waals surface area contributed by atoms with E-state index in [2.05, 4.69) is 4.72 Å². The number of rotatable bonds is 13. The van der Waals surface area contributed by atoms with E-state index >= 15 is 0 Å². The maximum absolute atomic E-state index is 13.0. The van der Waals surface area contributed by atoms with Crippen molar-refractivity contribution in [2.45, 2.75) is 61.4 Å². The Kier molecular flexibility index (Phi) is 12.8. The van der Waals surface area contributed by atoms with Crippen LogP contribution in [0.3, 0.4) is 0 Å². The van der Waals surface area contributed by atoms with Crippen molar-refractivity contribution < 1.29 is 83.0 Å². The quantitative estimate of drug-likeness (QED) is 0.0626. The van der Waals surface area contributed by atoms with Gasteiger partial charge in [0.1, 0.15) is 60.3 Å². The second kappa shape index (κ2) is 17.5. The lowest BCUT2D eigenvalue weighted by molar-refractivity contribution is -0.384. The van der Waals surface area contributed by atoms with Crippen LogP contribution in [0.5, 0.6) is 11.5 Å². The number of hydrogen-bond acceptors (Lipinski definition) is 17. The zero-order valence-corrected chi connectivity index (χ0v) is 31.6. The molecule has 0 bridgehead atoms. The predicted molar refractivity (Wildman–Crippen MR) is 204 cm³/mol. The van der Waals surface area contributed by atoms with Gasteiger partial charge in [-0.15, -0.1) is 0 Å². The smallest absolute Gasteiger partial charge is 0.336 e. The summed E-state index contributed by atoms with van der Waals surface area (Å²) in [5.41, 5.74) is -1.24. The maximum Gasteiger partial charge on any atom is 0.336 e. The highest BCUT2D eigenvalue weighted by atomic mass is 32.2. The van der Waals surface area contributed by atoms with E-state index in [1.807, 2.05) is 0 Å². The van der Waals surface area contributed by atoms with Gasteiger partial charge in [-0.3, -0.25) is 14.8 Å². The van der Waals surface area contributed by atoms with Gasteiger partial charge in [0.05, 0.1) is 35.5 Å². The van der Waals surface area contributed by atoms with E-state index in [0.29, 0.717) is 5.56 Å². The van der Waals surface area contributed by atoms with Gasteiger partial charge in [0.2, 0.25) is 22.6 Å². The van der Waals surface area contributed by atoms with Crippen LogP contribution in [0.4, 0.5) is 11.4 Å². The average molecular weight is 845 g/mol. The number of aromatic carboxylic acids is 1. The fourth-order valence-electron chi connectivity index (χ4n) is 6.76. The third kappa shape index (κ3) is 9.15. The van der Waals surface area contributed by atoms with Crippen molar-refractivity contribution in [3.63, 3.8) is 0 Å². The van der Waals surface area contributed by atoms with Crippen molar-refractivity contribution in [3.8, 4) is 44.9 Å². The molecule has 4 aromatic carbocycles. The fraction of sp³-hybridized carbons (Fsp3) is 0.342. The van der Waals surface area contributed by atoms with Crippen molar-refractivity contribution in [1.29, 1.82) is 0 Å². The summed E-state index contributed by atoms with van der Waals surface area (Å²) in [6.07, 6.45) is -16.0. The maximum atomic E-state index is 13.0. The molecule has 4 aromatic rings. The van der Waals surface area contributed by atoms with Crippen LogP contribution in [-0.2, 0) is 19.5 Å². The van der Waals surface area contributed by atoms with Gasteiger partial charge in [0.15, 0.2) is 0 Å². The van der Waals surface area contributed by atoms with Crippen LogP contribution in [0.1, 0.15) is 10.4 Å². The number of hydrogen-bond donors (Lipinski definition) is 10. The highest BCUT2D eigenvalue weighted by molar-refractivity contribution is 7.92. The number of para-hydroxylation sites is 1. The SMILES string of the molecule is CS(=O)(=O)Nc1cccc(-c2ccc(-c3c(C(=O)O)cc(-c4ccccc4OC4OC(CO)C(O)C(O)C4O)cc3[N+](=O)[O-])cc2OC2OC(CO)C(O)C(O)C2O)c1. The molecule has 20 nitrogen and oxygen atoms in total. The molecule has 2 aliphatic rings. The number of carbonyl (C=O) groups is 1. The lowest BCUT2D eigenvalue weighted by atomic mass is 9.91. The predicted octanol–water partition coefficient (Wildman–Crippen LogP) is 0.0229. The van der Waals surface area contributed by atoms with E-state index < -0.39 is 112 Å². The van der Waals surface area contributed by atoms with Crippen LogP contribution in [0.25, 0.3) is 33.4 Å². The van der Waals surface area contributed by atoms with Crippen molar-refractivity contribution in [1.82, 2.24) is 0 Å². The minimum absolute atomic E-state index is 0.0531. The molecule has 2 aliphatic heterocycles. The number of carboxylic acids is 1. The number of anilines is 1. The summed E-state index contributed by atoms with van der Waals surface area (Å²) in [7, 11) is -3.73. The Balaban J connectivity index is 1.48. The second-order valence-corrected chi connectivity index (χ2v) is 15.5. The molecule has 10 N–H and O–H groups in total. The number of aliphatic hydroxyl groups is 8. The van der Waals surface area contributed by atoms with Gasteiger partial charge < -0.3 is 64.9 Å². The molecular formula is C38H40N2O18S. The van der Waals surface area contributed by atoms with Crippen molar-refractivity contribution in [2.75, 3.05) is 24.2 Å². The number of carboxylic acid groups (broad SMARTS) is 1. The lowest BCUT2D eigenvalue weighted by Crippen LogP contribution is -2.60. The lowest BCUT2D eigenvalue weighted by Gasteiger charge is -2.39. The van der Waals surface area contributed by atoms with Gasteiger partial charge in [-0.05, 0) is 47.0 Å². The summed E-state index contributed by atoms with van der Waals surface area (Å²) in [5, 5.41) is 105. The Morgan fingerprint density at radius 1 is 0.712 bits per heavy atom. The van der Waals surface area contributed by atoms with Gasteiger partial charge in [0, 0.05) is 22.9 Å². The molecule has 10 unspecified atom stereocenters. The first kappa shape index (κ1) is 43.3. The van der Waals surface area contributed by atoms with Gasteiger partial charge in [-0.25, -0.2) is 13.2 Å². The number of nitrogens with zero attached hydrogens (tertiary/aromatic N) is 1. The highest BCUT2D eigenvalue weighted by Crippen LogP contribution is 2.44. The van der Waals surface area contributed by atoms with Crippen molar-refractivity contribution in [2.24, 2.45) is 0 Å². The van der Waals surface area contributed by atoms with E-state index in [9.17, 15) is 69.3 Å². The van der Waals surface area contributed by atoms with Crippen LogP contribution < -0.4 is 14.2 Å². The number of sulfonamides is 1.